The summed E-state index contributed by atoms with van der Waals surface area (Å²) in [4.78, 5) is 54.2. The third-order valence-corrected chi connectivity index (χ3v) is 16.5. The minimum atomic E-state index is -1.35. The van der Waals surface area contributed by atoms with E-state index in [1.807, 2.05) is 68.4 Å². The van der Waals surface area contributed by atoms with Crippen LogP contribution in [0.1, 0.15) is 40.2 Å². The van der Waals surface area contributed by atoms with Gasteiger partial charge in [0.1, 0.15) is 148 Å². The Morgan fingerprint density at radius 3 is 1.03 bits per heavy atom. The van der Waals surface area contributed by atoms with Crippen molar-refractivity contribution in [1.82, 2.24) is 0 Å². The summed E-state index contributed by atoms with van der Waals surface area (Å²) in [6.45, 7) is 26.1. The highest BCUT2D eigenvalue weighted by molar-refractivity contribution is 9.11. The highest BCUT2D eigenvalue weighted by Crippen LogP contribution is 2.38. The number of hydrogen-bond acceptors (Lipinski definition) is 29. The lowest BCUT2D eigenvalue weighted by Crippen LogP contribution is -2.29. The van der Waals surface area contributed by atoms with Crippen LogP contribution in [0.5, 0.6) is 69.0 Å². The van der Waals surface area contributed by atoms with Crippen molar-refractivity contribution < 1.29 is 148 Å². The number of rotatable bonds is 35. The van der Waals surface area contributed by atoms with E-state index in [4.69, 9.17) is 108 Å². The molecule has 9 aromatic rings. The molecule has 0 amide bonds. The van der Waals surface area contributed by atoms with Crippen molar-refractivity contribution >= 4 is 74.5 Å². The number of hydrogen-bond donors (Lipinski definition) is 12. The Bertz CT molecular complexity index is 4660. The summed E-state index contributed by atoms with van der Waals surface area (Å²) in [5, 5.41) is 105. The van der Waals surface area contributed by atoms with Gasteiger partial charge in [-0.1, -0.05) is 110 Å². The van der Waals surface area contributed by atoms with Crippen molar-refractivity contribution in [2.24, 2.45) is 0 Å². The van der Waals surface area contributed by atoms with Crippen molar-refractivity contribution in [3.8, 4) is 102 Å². The maximum absolute atomic E-state index is 11.7. The van der Waals surface area contributed by atoms with Crippen LogP contribution < -0.4 is 48.1 Å². The Morgan fingerprint density at radius 1 is 0.379 bits per heavy atom. The summed E-state index contributed by atoms with van der Waals surface area (Å²) in [5.74, 6) is 2.91. The van der Waals surface area contributed by atoms with E-state index in [9.17, 15) is 29.1 Å². The molecular formula is C91H107BBr2O30. The standard InChI is InChI=1S/C28H30O8.C17H20O4.C16H18O5.C10H13BrO4.C7H9BO2.C6H5BrO2.C4H6O2.C3H4O3.H2/c1-18(2)26(29)34-15-13-32-23-11-12-24(25(17-23)33-14-16-35-27(30)19(3)4)21-7-9-22(10-8-21)36-28(31)20(5)6;1-13-2-4-14(5-3-13)16-7-6-15(20-10-8-18)12-17(16)21-11-9-19;17-7-9-20-14-5-6-15(16(11-14)21-10-8-18)12-1-3-13(19)4-2-12;11-9-2-1-8(14-5-3-12)7-10(9)15-6-4-13;1-6-2-4-7(5-3-6)8(9)10;7-5-2-1-4(8)3-6(5)9;1-3(2)4(5)6;4-3-5-1-2-6-3;/h7-12,17H,1,3,5,13-16H2,2,4,6H3;2-7,12,18-19H,8-11H2,1H3;1-6,11,17-19H,7-10H2;1-2,7,12-13H,3-6H2;2-5,9-10H,1H3;1-3,8-9H;1H2,2H3,(H,5,6);1-2H2;1H. The lowest BCUT2D eigenvalue weighted by Gasteiger charge is -2.15. The molecule has 33 heteroatoms. The molecule has 0 radical (unpaired) electrons. The zero-order valence-electron chi connectivity index (χ0n) is 69.5. The van der Waals surface area contributed by atoms with Crippen molar-refractivity contribution in [2.75, 3.05) is 119 Å². The number of benzene rings is 9. The fourth-order valence-corrected chi connectivity index (χ4v) is 9.73. The van der Waals surface area contributed by atoms with Crippen LogP contribution in [0.25, 0.3) is 33.4 Å². The van der Waals surface area contributed by atoms with E-state index in [1.54, 1.807) is 142 Å². The number of aromatic hydroxyl groups is 3. The van der Waals surface area contributed by atoms with Crippen LogP contribution in [0.3, 0.4) is 0 Å². The molecule has 1 aliphatic heterocycles. The Morgan fingerprint density at radius 2 is 0.685 bits per heavy atom. The SMILES string of the molecule is C=C(C)C(=O)O.C=C(C)C(=O)OCCOc1ccc(-c2ccc(OC(=O)C(=C)C)cc2)c(OCCOC(=O)C(=C)C)c1.Cc1ccc(-c2ccc(OCCO)cc2OCCO)cc1.Cc1ccc(B(O)O)cc1.O=C1OCCO1.OCCOc1ccc(-c2ccc(O)cc2)c(OCCO)c1.OCCOc1ccc(Br)c(OCCO)c1.Oc1ccc(Br)c(O)c1.[HH]. The van der Waals surface area contributed by atoms with Crippen LogP contribution in [0, 0.1) is 13.8 Å². The fraction of sp³-hybridized carbons (Fsp3) is 0.264. The number of cyclic esters (lactones) is 2. The molecule has 1 heterocycles. The summed E-state index contributed by atoms with van der Waals surface area (Å²) >= 11 is 6.39. The molecule has 0 aliphatic carbocycles. The molecule has 1 fully saturated rings. The maximum Gasteiger partial charge on any atom is 0.508 e. The number of esters is 3. The molecule has 0 spiro atoms. The predicted molar refractivity (Wildman–Crippen MR) is 475 cm³/mol. The average molecular weight is 1850 g/mol. The number of carbonyl (C=O) groups is 5. The molecule has 12 N–H and O–H groups in total. The zero-order valence-corrected chi connectivity index (χ0v) is 72.7. The molecule has 1 saturated heterocycles. The molecule has 0 atom stereocenters. The van der Waals surface area contributed by atoms with Crippen LogP contribution >= 0.6 is 31.9 Å². The number of aliphatic hydroxyl groups is 6. The minimum absolute atomic E-state index is 0. The minimum Gasteiger partial charge on any atom is -0.508 e. The maximum atomic E-state index is 11.7. The summed E-state index contributed by atoms with van der Waals surface area (Å²) in [7, 11) is -1.35. The van der Waals surface area contributed by atoms with Gasteiger partial charge in [0.25, 0.3) is 0 Å². The molecule has 9 aromatic carbocycles. The van der Waals surface area contributed by atoms with Crippen molar-refractivity contribution in [2.45, 2.75) is 41.5 Å². The van der Waals surface area contributed by atoms with Gasteiger partial charge in [-0.2, -0.15) is 0 Å². The van der Waals surface area contributed by atoms with Crippen LogP contribution in [-0.2, 0) is 38.1 Å². The Hall–Kier alpha value is -12.4. The summed E-state index contributed by atoms with van der Waals surface area (Å²) < 4.78 is 69.3. The van der Waals surface area contributed by atoms with Gasteiger partial charge >= 0.3 is 37.2 Å². The predicted octanol–water partition coefficient (Wildman–Crippen LogP) is 12.8. The topological polar surface area (TPSA) is 448 Å². The van der Waals surface area contributed by atoms with E-state index >= 15 is 0 Å². The smallest absolute Gasteiger partial charge is 0.508 e. The van der Waals surface area contributed by atoms with Crippen molar-refractivity contribution in [3.63, 3.8) is 0 Å². The number of aryl methyl sites for hydroxylation is 2. The van der Waals surface area contributed by atoms with E-state index in [2.05, 4.69) is 67.6 Å². The van der Waals surface area contributed by atoms with E-state index in [0.29, 0.717) is 91.6 Å². The summed E-state index contributed by atoms with van der Waals surface area (Å²) in [6.07, 6.45) is -0.546. The lowest BCUT2D eigenvalue weighted by atomic mass is 9.80. The van der Waals surface area contributed by atoms with E-state index < -0.39 is 37.2 Å². The number of carboxylic acids is 1. The molecule has 0 saturated carbocycles. The molecule has 1 aliphatic rings. The number of aliphatic carboxylic acids is 1. The van der Waals surface area contributed by atoms with Crippen molar-refractivity contribution in [1.29, 1.82) is 0 Å². The van der Waals surface area contributed by atoms with Crippen LogP contribution in [0.15, 0.2) is 246 Å². The molecule has 0 aromatic heterocycles. The molecule has 10 rings (SSSR count). The highest BCUT2D eigenvalue weighted by Gasteiger charge is 2.17. The van der Waals surface area contributed by atoms with E-state index in [0.717, 1.165) is 43.4 Å². The summed E-state index contributed by atoms with van der Waals surface area (Å²) in [6, 6.07) is 54.6. The monoisotopic (exact) mass is 1850 g/mol. The molecule has 124 heavy (non-hydrogen) atoms. The summed E-state index contributed by atoms with van der Waals surface area (Å²) in [5.41, 5.74) is 9.16. The van der Waals surface area contributed by atoms with Gasteiger partial charge in [-0.05, 0) is 180 Å². The number of carbonyl (C=O) groups excluding carboxylic acids is 4. The highest BCUT2D eigenvalue weighted by atomic mass is 79.9. The Kier molecular flexibility index (Phi) is 51.3. The number of carboxylic acid groups (broad SMARTS) is 1. The second-order valence-corrected chi connectivity index (χ2v) is 27.3. The third-order valence-electron chi connectivity index (χ3n) is 15.2. The molecular weight excluding hydrogens is 1740 g/mol. The van der Waals surface area contributed by atoms with E-state index in [1.165, 1.54) is 24.6 Å². The number of aliphatic hydroxyl groups excluding tert-OH is 6. The molecule has 0 unspecified atom stereocenters. The average Bonchev–Trinajstić information content (AvgIpc) is 0.950. The van der Waals surface area contributed by atoms with Crippen LogP contribution in [0.4, 0.5) is 4.79 Å². The number of ether oxygens (including phenoxy) is 13. The second kappa shape index (κ2) is 60.2. The van der Waals surface area contributed by atoms with E-state index in [-0.39, 0.29) is 130 Å². The largest absolute Gasteiger partial charge is 0.508 e. The van der Waals surface area contributed by atoms with Gasteiger partial charge in [-0.15, -0.1) is 0 Å². The van der Waals surface area contributed by atoms with Gasteiger partial charge < -0.3 is 123 Å². The first-order valence-electron chi connectivity index (χ1n) is 38.0. The van der Waals surface area contributed by atoms with Crippen LogP contribution in [-0.4, -0.2) is 217 Å². The lowest BCUT2D eigenvalue weighted by molar-refractivity contribution is -0.140. The van der Waals surface area contributed by atoms with Gasteiger partial charge in [0.05, 0.1) is 48.6 Å². The Labute approximate surface area is 738 Å². The number of phenolic OH excluding ortho intramolecular Hbond substituents is 3. The Balaban J connectivity index is 0.000000518. The second-order valence-electron chi connectivity index (χ2n) is 25.6. The first-order chi connectivity index (χ1) is 59.3. The quantitative estimate of drug-likeness (QED) is 0.00438. The van der Waals surface area contributed by atoms with Gasteiger partial charge in [-0.25, -0.2) is 24.0 Å². The van der Waals surface area contributed by atoms with Gasteiger partial charge in [-0.3, -0.25) is 0 Å². The number of phenols is 3. The first-order valence-corrected chi connectivity index (χ1v) is 39.5. The zero-order chi connectivity index (χ0) is 91.9. The van der Waals surface area contributed by atoms with Gasteiger partial charge in [0, 0.05) is 70.7 Å². The van der Waals surface area contributed by atoms with Crippen molar-refractivity contribution in [3.05, 3.63) is 257 Å². The van der Waals surface area contributed by atoms with Gasteiger partial charge in [0.15, 0.2) is 0 Å². The first kappa shape index (κ1) is 106. The fourth-order valence-electron chi connectivity index (χ4n) is 9.12. The van der Waals surface area contributed by atoms with Gasteiger partial charge in [0.2, 0.25) is 0 Å². The molecule has 668 valence electrons. The normalized spacial score (nSPS) is 10.4. The molecule has 0 bridgehead atoms. The number of halogens is 2. The third kappa shape index (κ3) is 42.9. The molecule has 30 nitrogen and oxygen atoms in total. The van der Waals surface area contributed by atoms with Crippen LogP contribution in [0.2, 0.25) is 0 Å².